The van der Waals surface area contributed by atoms with Crippen molar-refractivity contribution in [3.05, 3.63) is 35.4 Å². The monoisotopic (exact) mass is 300 g/mol. The molecule has 1 amide bonds. The van der Waals surface area contributed by atoms with Gasteiger partial charge in [0.1, 0.15) is 5.60 Å². The first-order chi connectivity index (χ1) is 10.5. The molecule has 1 aliphatic rings. The third-order valence-corrected chi connectivity index (χ3v) is 3.66. The van der Waals surface area contributed by atoms with Crippen LogP contribution in [0.4, 0.5) is 0 Å². The number of carboxylic acid groups (broad SMARTS) is 1. The third-order valence-electron chi connectivity index (χ3n) is 3.66. The van der Waals surface area contributed by atoms with Crippen LogP contribution in [0.15, 0.2) is 24.3 Å². The van der Waals surface area contributed by atoms with Crippen molar-refractivity contribution in [2.24, 2.45) is 0 Å². The third kappa shape index (κ3) is 4.61. The zero-order valence-corrected chi connectivity index (χ0v) is 12.2. The Kier molecular flexibility index (Phi) is 5.18. The van der Waals surface area contributed by atoms with Crippen LogP contribution >= 0.6 is 0 Å². The molecule has 1 aromatic rings. The minimum absolute atomic E-state index is 0.350. The Hall–Kier alpha value is -2.32. The van der Waals surface area contributed by atoms with E-state index in [2.05, 4.69) is 17.2 Å². The van der Waals surface area contributed by atoms with E-state index < -0.39 is 24.0 Å². The van der Waals surface area contributed by atoms with Crippen molar-refractivity contribution < 1.29 is 19.8 Å². The van der Waals surface area contributed by atoms with Gasteiger partial charge in [-0.15, -0.1) is 0 Å². The summed E-state index contributed by atoms with van der Waals surface area (Å²) in [7, 11) is 0. The van der Waals surface area contributed by atoms with Gasteiger partial charge in [0.2, 0.25) is 0 Å². The number of hydrogen-bond donors (Lipinski definition) is 2. The Morgan fingerprint density at radius 3 is 2.41 bits per heavy atom. The van der Waals surface area contributed by atoms with E-state index in [1.54, 1.807) is 24.3 Å². The molecule has 5 heteroatoms. The van der Waals surface area contributed by atoms with Gasteiger partial charge < -0.3 is 20.3 Å². The molecule has 2 N–H and O–H groups in total. The molecule has 0 atom stereocenters. The SMILES string of the molecule is O=C([O-])CNC(=O)c1ccc(C#CC2(O)CCCCC2)cc1. The number of carbonyl (C=O) groups excluding carboxylic acids is 2. The summed E-state index contributed by atoms with van der Waals surface area (Å²) in [5.74, 6) is 4.04. The van der Waals surface area contributed by atoms with Gasteiger partial charge in [-0.05, 0) is 49.9 Å². The zero-order chi connectivity index (χ0) is 16.0. The maximum absolute atomic E-state index is 11.6. The standard InChI is InChI=1S/C17H19NO4/c19-15(20)12-18-16(21)14-6-4-13(5-7-14)8-11-17(22)9-2-1-3-10-17/h4-7,22H,1-3,9-10,12H2,(H,18,21)(H,19,20)/p-1. The van der Waals surface area contributed by atoms with Gasteiger partial charge in [-0.25, -0.2) is 0 Å². The van der Waals surface area contributed by atoms with Gasteiger partial charge in [0, 0.05) is 11.1 Å². The van der Waals surface area contributed by atoms with Gasteiger partial charge in [0.15, 0.2) is 0 Å². The highest BCUT2D eigenvalue weighted by Gasteiger charge is 2.26. The molecule has 116 valence electrons. The van der Waals surface area contributed by atoms with E-state index in [4.69, 9.17) is 0 Å². The molecular formula is C17H18NO4-. The molecule has 1 saturated carbocycles. The molecule has 0 radical (unpaired) electrons. The number of amides is 1. The lowest BCUT2D eigenvalue weighted by Gasteiger charge is -2.26. The summed E-state index contributed by atoms with van der Waals surface area (Å²) < 4.78 is 0. The van der Waals surface area contributed by atoms with Gasteiger partial charge >= 0.3 is 0 Å². The maximum Gasteiger partial charge on any atom is 0.251 e. The molecule has 0 spiro atoms. The lowest BCUT2D eigenvalue weighted by atomic mass is 9.85. The van der Waals surface area contributed by atoms with Crippen molar-refractivity contribution in [1.29, 1.82) is 0 Å². The Morgan fingerprint density at radius 1 is 1.18 bits per heavy atom. The smallest absolute Gasteiger partial charge is 0.251 e. The predicted octanol–water partition coefficient (Wildman–Crippen LogP) is 0.213. The van der Waals surface area contributed by atoms with Crippen molar-refractivity contribution in [2.45, 2.75) is 37.7 Å². The number of carboxylic acids is 1. The topological polar surface area (TPSA) is 89.5 Å². The van der Waals surface area contributed by atoms with Crippen LogP contribution in [0.25, 0.3) is 0 Å². The van der Waals surface area contributed by atoms with E-state index in [-0.39, 0.29) is 0 Å². The van der Waals surface area contributed by atoms with Crippen molar-refractivity contribution >= 4 is 11.9 Å². The van der Waals surface area contributed by atoms with E-state index in [9.17, 15) is 19.8 Å². The van der Waals surface area contributed by atoms with Gasteiger partial charge in [-0.3, -0.25) is 4.79 Å². The fourth-order valence-corrected chi connectivity index (χ4v) is 2.41. The average Bonchev–Trinajstić information content (AvgIpc) is 2.52. The highest BCUT2D eigenvalue weighted by atomic mass is 16.4. The summed E-state index contributed by atoms with van der Waals surface area (Å²) in [5, 5.41) is 22.8. The quantitative estimate of drug-likeness (QED) is 0.781. The first kappa shape index (κ1) is 16.1. The lowest BCUT2D eigenvalue weighted by Crippen LogP contribution is -2.37. The first-order valence-corrected chi connectivity index (χ1v) is 7.32. The van der Waals surface area contributed by atoms with Crippen LogP contribution in [0.1, 0.15) is 48.0 Å². The average molecular weight is 300 g/mol. The van der Waals surface area contributed by atoms with E-state index in [1.807, 2.05) is 0 Å². The fraction of sp³-hybridized carbons (Fsp3) is 0.412. The predicted molar refractivity (Wildman–Crippen MR) is 78.7 cm³/mol. The van der Waals surface area contributed by atoms with Crippen LogP contribution in [0, 0.1) is 11.8 Å². The Balaban J connectivity index is 2.00. The summed E-state index contributed by atoms with van der Waals surface area (Å²) >= 11 is 0. The number of rotatable bonds is 3. The van der Waals surface area contributed by atoms with Gasteiger partial charge in [-0.1, -0.05) is 18.3 Å². The minimum atomic E-state index is -1.34. The fourth-order valence-electron chi connectivity index (χ4n) is 2.41. The second kappa shape index (κ2) is 7.10. The van der Waals surface area contributed by atoms with E-state index in [0.717, 1.165) is 19.3 Å². The normalized spacial score (nSPS) is 16.2. The number of benzene rings is 1. The van der Waals surface area contributed by atoms with Crippen molar-refractivity contribution in [3.63, 3.8) is 0 Å². The highest BCUT2D eigenvalue weighted by molar-refractivity contribution is 5.95. The number of aliphatic carboxylic acids is 1. The van der Waals surface area contributed by atoms with Crippen molar-refractivity contribution in [2.75, 3.05) is 6.54 Å². The van der Waals surface area contributed by atoms with Crippen LogP contribution in [-0.2, 0) is 4.79 Å². The number of hydrogen-bond acceptors (Lipinski definition) is 4. The molecular weight excluding hydrogens is 282 g/mol. The Bertz CT molecular complexity index is 604. The van der Waals surface area contributed by atoms with Gasteiger partial charge in [-0.2, -0.15) is 0 Å². The van der Waals surface area contributed by atoms with E-state index in [0.29, 0.717) is 24.0 Å². The molecule has 1 fully saturated rings. The molecule has 0 saturated heterocycles. The lowest BCUT2D eigenvalue weighted by molar-refractivity contribution is -0.303. The Labute approximate surface area is 129 Å². The van der Waals surface area contributed by atoms with Gasteiger partial charge in [0.25, 0.3) is 5.91 Å². The zero-order valence-electron chi connectivity index (χ0n) is 12.2. The number of nitrogens with one attached hydrogen (secondary N) is 1. The van der Waals surface area contributed by atoms with Gasteiger partial charge in [0.05, 0.1) is 12.5 Å². The van der Waals surface area contributed by atoms with Crippen LogP contribution in [0.5, 0.6) is 0 Å². The van der Waals surface area contributed by atoms with Crippen LogP contribution < -0.4 is 10.4 Å². The van der Waals surface area contributed by atoms with Crippen LogP contribution in [0.3, 0.4) is 0 Å². The molecule has 2 rings (SSSR count). The second-order valence-corrected chi connectivity index (χ2v) is 5.47. The molecule has 1 aliphatic carbocycles. The molecule has 0 unspecified atom stereocenters. The minimum Gasteiger partial charge on any atom is -0.548 e. The van der Waals surface area contributed by atoms with Crippen molar-refractivity contribution in [1.82, 2.24) is 5.32 Å². The Morgan fingerprint density at radius 2 is 1.82 bits per heavy atom. The highest BCUT2D eigenvalue weighted by Crippen LogP contribution is 2.27. The summed E-state index contributed by atoms with van der Waals surface area (Å²) in [6, 6.07) is 6.49. The van der Waals surface area contributed by atoms with Crippen LogP contribution in [-0.4, -0.2) is 29.1 Å². The molecule has 0 heterocycles. The van der Waals surface area contributed by atoms with Crippen molar-refractivity contribution in [3.8, 4) is 11.8 Å². The van der Waals surface area contributed by atoms with E-state index >= 15 is 0 Å². The molecule has 0 aliphatic heterocycles. The molecule has 0 bridgehead atoms. The second-order valence-electron chi connectivity index (χ2n) is 5.47. The number of aliphatic hydroxyl groups is 1. The van der Waals surface area contributed by atoms with Crippen LogP contribution in [0.2, 0.25) is 0 Å². The summed E-state index contributed by atoms with van der Waals surface area (Å²) in [6.07, 6.45) is 4.51. The summed E-state index contributed by atoms with van der Waals surface area (Å²) in [5.41, 5.74) is 0.154. The molecule has 22 heavy (non-hydrogen) atoms. The molecule has 5 nitrogen and oxygen atoms in total. The number of carbonyl (C=O) groups is 2. The summed E-state index contributed by atoms with van der Waals surface area (Å²) in [4.78, 5) is 21.9. The van der Waals surface area contributed by atoms with E-state index in [1.165, 1.54) is 0 Å². The largest absolute Gasteiger partial charge is 0.548 e. The first-order valence-electron chi connectivity index (χ1n) is 7.32. The summed E-state index contributed by atoms with van der Waals surface area (Å²) in [6.45, 7) is -0.520. The molecule has 0 aromatic heterocycles. The molecule has 1 aromatic carbocycles. The maximum atomic E-state index is 11.6.